The summed E-state index contributed by atoms with van der Waals surface area (Å²) in [5, 5.41) is 13.7. The topological polar surface area (TPSA) is 71.7 Å². The van der Waals surface area contributed by atoms with Gasteiger partial charge in [0.25, 0.3) is 0 Å². The van der Waals surface area contributed by atoms with Crippen LogP contribution in [0.25, 0.3) is 22.3 Å². The Morgan fingerprint density at radius 3 is 2.54 bits per heavy atom. The van der Waals surface area contributed by atoms with Crippen LogP contribution in [0.15, 0.2) is 57.7 Å². The van der Waals surface area contributed by atoms with Crippen LogP contribution >= 0.6 is 12.4 Å². The van der Waals surface area contributed by atoms with Gasteiger partial charge in [-0.15, -0.1) is 12.4 Å². The highest BCUT2D eigenvalue weighted by molar-refractivity contribution is 5.85. The fraction of sp³-hybridized carbons (Fsp3) is 0.318. The van der Waals surface area contributed by atoms with Gasteiger partial charge in [0.05, 0.1) is 5.39 Å². The first-order chi connectivity index (χ1) is 13.0. The van der Waals surface area contributed by atoms with Gasteiger partial charge in [0.1, 0.15) is 29.8 Å². The van der Waals surface area contributed by atoms with E-state index in [2.05, 4.69) is 5.32 Å². The lowest BCUT2D eigenvalue weighted by Gasteiger charge is -2.15. The van der Waals surface area contributed by atoms with Crippen LogP contribution in [-0.2, 0) is 0 Å². The van der Waals surface area contributed by atoms with E-state index in [4.69, 9.17) is 9.15 Å². The lowest BCUT2D eigenvalue weighted by Crippen LogP contribution is -2.35. The number of hydrogen-bond donors (Lipinski definition) is 2. The first-order valence-electron chi connectivity index (χ1n) is 9.13. The summed E-state index contributed by atoms with van der Waals surface area (Å²) in [6.07, 6.45) is -0.618. The van der Waals surface area contributed by atoms with Crippen molar-refractivity contribution < 1.29 is 14.3 Å². The number of benzene rings is 2. The number of ether oxygens (including phenoxy) is 1. The van der Waals surface area contributed by atoms with Crippen molar-refractivity contribution in [3.63, 3.8) is 0 Å². The molecule has 3 aromatic rings. The molecule has 0 amide bonds. The highest BCUT2D eigenvalue weighted by Crippen LogP contribution is 2.27. The van der Waals surface area contributed by atoms with Crippen molar-refractivity contribution in [2.75, 3.05) is 13.2 Å². The second-order valence-electron chi connectivity index (χ2n) is 6.94. The molecule has 0 bridgehead atoms. The maximum Gasteiger partial charge on any atom is 0.196 e. The van der Waals surface area contributed by atoms with Crippen LogP contribution in [0.5, 0.6) is 5.75 Å². The molecule has 3 rings (SSSR count). The number of fused-ring (bicyclic) bond motifs is 1. The molecule has 0 aliphatic carbocycles. The van der Waals surface area contributed by atoms with Crippen LogP contribution in [0.1, 0.15) is 19.4 Å². The van der Waals surface area contributed by atoms with Crippen molar-refractivity contribution in [3.8, 4) is 17.1 Å². The maximum atomic E-state index is 12.7. The molecule has 0 fully saturated rings. The number of aliphatic hydroxyl groups is 1. The lowest BCUT2D eigenvalue weighted by molar-refractivity contribution is 0.104. The molecule has 6 heteroatoms. The van der Waals surface area contributed by atoms with Crippen molar-refractivity contribution >= 4 is 23.4 Å². The van der Waals surface area contributed by atoms with E-state index in [1.54, 1.807) is 25.1 Å². The molecule has 0 spiro atoms. The van der Waals surface area contributed by atoms with Gasteiger partial charge in [-0.05, 0) is 19.1 Å². The van der Waals surface area contributed by atoms with Crippen LogP contribution in [0.3, 0.4) is 0 Å². The molecular weight excluding hydrogens is 378 g/mol. The quantitative estimate of drug-likeness (QED) is 0.625. The van der Waals surface area contributed by atoms with Crippen molar-refractivity contribution in [2.24, 2.45) is 0 Å². The number of rotatable bonds is 7. The van der Waals surface area contributed by atoms with E-state index in [1.807, 2.05) is 44.2 Å². The molecule has 0 radical (unpaired) electrons. The smallest absolute Gasteiger partial charge is 0.196 e. The van der Waals surface area contributed by atoms with Gasteiger partial charge < -0.3 is 19.6 Å². The summed E-state index contributed by atoms with van der Waals surface area (Å²) < 4.78 is 11.7. The minimum absolute atomic E-state index is 0. The molecule has 5 nitrogen and oxygen atoms in total. The Morgan fingerprint density at radius 1 is 1.14 bits per heavy atom. The second-order valence-corrected chi connectivity index (χ2v) is 6.94. The standard InChI is InChI=1S/C22H25NO4.ClH/c1-14(2)23-12-17(24)13-26-18-9-10-19-20(11-18)27-22(15(3)21(19)25)16-7-5-4-6-8-16;/h4-11,14,17,23-24H,12-13H2,1-3H3;1H. The monoisotopic (exact) mass is 403 g/mol. The molecule has 2 N–H and O–H groups in total. The summed E-state index contributed by atoms with van der Waals surface area (Å²) in [6, 6.07) is 15.0. The Balaban J connectivity index is 0.00000280. The molecule has 0 aliphatic rings. The molecule has 0 aliphatic heterocycles. The van der Waals surface area contributed by atoms with Gasteiger partial charge in [0.15, 0.2) is 5.43 Å². The Labute approximate surface area is 170 Å². The zero-order valence-electron chi connectivity index (χ0n) is 16.3. The Hall–Kier alpha value is -2.34. The number of nitrogens with one attached hydrogen (secondary N) is 1. The van der Waals surface area contributed by atoms with Gasteiger partial charge in [-0.3, -0.25) is 4.79 Å². The maximum absolute atomic E-state index is 12.7. The minimum Gasteiger partial charge on any atom is -0.491 e. The lowest BCUT2D eigenvalue weighted by atomic mass is 10.1. The first-order valence-corrected chi connectivity index (χ1v) is 9.13. The van der Waals surface area contributed by atoms with Gasteiger partial charge in [-0.25, -0.2) is 0 Å². The van der Waals surface area contributed by atoms with Gasteiger partial charge in [0.2, 0.25) is 0 Å². The van der Waals surface area contributed by atoms with Crippen molar-refractivity contribution in [1.82, 2.24) is 5.32 Å². The predicted molar refractivity (Wildman–Crippen MR) is 115 cm³/mol. The Morgan fingerprint density at radius 2 is 1.86 bits per heavy atom. The predicted octanol–water partition coefficient (Wildman–Crippen LogP) is 3.93. The summed E-state index contributed by atoms with van der Waals surface area (Å²) in [6.45, 7) is 6.43. The van der Waals surface area contributed by atoms with E-state index in [0.717, 1.165) is 5.56 Å². The third kappa shape index (κ3) is 5.13. The van der Waals surface area contributed by atoms with E-state index in [0.29, 0.717) is 40.6 Å². The summed E-state index contributed by atoms with van der Waals surface area (Å²) in [5.41, 5.74) is 1.85. The molecule has 1 aromatic heterocycles. The minimum atomic E-state index is -0.618. The van der Waals surface area contributed by atoms with E-state index < -0.39 is 6.10 Å². The number of hydrogen-bond acceptors (Lipinski definition) is 5. The van der Waals surface area contributed by atoms with E-state index >= 15 is 0 Å². The van der Waals surface area contributed by atoms with E-state index in [9.17, 15) is 9.90 Å². The third-order valence-electron chi connectivity index (χ3n) is 4.33. The molecular formula is C22H26ClNO4. The summed E-state index contributed by atoms with van der Waals surface area (Å²) in [4.78, 5) is 12.7. The van der Waals surface area contributed by atoms with Gasteiger partial charge in [-0.1, -0.05) is 44.2 Å². The Kier molecular flexibility index (Phi) is 7.63. The summed E-state index contributed by atoms with van der Waals surface area (Å²) in [5.74, 6) is 1.11. The summed E-state index contributed by atoms with van der Waals surface area (Å²) >= 11 is 0. The number of aliphatic hydroxyl groups excluding tert-OH is 1. The van der Waals surface area contributed by atoms with Crippen LogP contribution in [0, 0.1) is 6.92 Å². The van der Waals surface area contributed by atoms with E-state index in [1.165, 1.54) is 0 Å². The second kappa shape index (κ2) is 9.73. The van der Waals surface area contributed by atoms with Crippen LogP contribution in [-0.4, -0.2) is 30.4 Å². The zero-order valence-corrected chi connectivity index (χ0v) is 17.1. The molecule has 1 heterocycles. The van der Waals surface area contributed by atoms with Crippen molar-refractivity contribution in [2.45, 2.75) is 32.9 Å². The van der Waals surface area contributed by atoms with Gasteiger partial charge in [-0.2, -0.15) is 0 Å². The molecule has 0 saturated heterocycles. The largest absolute Gasteiger partial charge is 0.491 e. The third-order valence-corrected chi connectivity index (χ3v) is 4.33. The number of halogens is 1. The van der Waals surface area contributed by atoms with Crippen molar-refractivity contribution in [1.29, 1.82) is 0 Å². The SMILES string of the molecule is Cc1c(-c2ccccc2)oc2cc(OCC(O)CNC(C)C)ccc2c1=O.Cl. The van der Waals surface area contributed by atoms with Gasteiger partial charge >= 0.3 is 0 Å². The fourth-order valence-electron chi connectivity index (χ4n) is 2.84. The van der Waals surface area contributed by atoms with Crippen LogP contribution < -0.4 is 15.5 Å². The van der Waals surface area contributed by atoms with Crippen molar-refractivity contribution in [3.05, 3.63) is 64.3 Å². The van der Waals surface area contributed by atoms with Gasteiger partial charge in [0, 0.05) is 29.8 Å². The zero-order chi connectivity index (χ0) is 19.4. The molecule has 0 saturated carbocycles. The Bertz CT molecular complexity index is 969. The molecule has 150 valence electrons. The average Bonchev–Trinajstić information content (AvgIpc) is 2.68. The first kappa shape index (κ1) is 22.0. The van der Waals surface area contributed by atoms with Crippen LogP contribution in [0.2, 0.25) is 0 Å². The molecule has 1 atom stereocenters. The fourth-order valence-corrected chi connectivity index (χ4v) is 2.84. The average molecular weight is 404 g/mol. The molecule has 2 aromatic carbocycles. The normalized spacial score (nSPS) is 12.0. The van der Waals surface area contributed by atoms with E-state index in [-0.39, 0.29) is 24.4 Å². The molecule has 28 heavy (non-hydrogen) atoms. The highest BCUT2D eigenvalue weighted by atomic mass is 35.5. The van der Waals surface area contributed by atoms with Crippen LogP contribution in [0.4, 0.5) is 0 Å². The molecule has 1 unspecified atom stereocenters. The highest BCUT2D eigenvalue weighted by Gasteiger charge is 2.13. The summed E-state index contributed by atoms with van der Waals surface area (Å²) in [7, 11) is 0.